The van der Waals surface area contributed by atoms with E-state index >= 15 is 0 Å². The predicted molar refractivity (Wildman–Crippen MR) is 146 cm³/mol. The lowest BCUT2D eigenvalue weighted by Gasteiger charge is -2.63. The van der Waals surface area contributed by atoms with E-state index in [4.69, 9.17) is 16.6 Å². The zero-order chi connectivity index (χ0) is 26.1. The normalized spacial score (nSPS) is 44.2. The van der Waals surface area contributed by atoms with E-state index in [1.54, 1.807) is 0 Å². The molecule has 37 heavy (non-hydrogen) atoms. The Labute approximate surface area is 226 Å². The lowest BCUT2D eigenvalue weighted by molar-refractivity contribution is -0.207. The Balaban J connectivity index is 1.20. The van der Waals surface area contributed by atoms with E-state index < -0.39 is 0 Å². The fourth-order valence-corrected chi connectivity index (χ4v) is 10.1. The van der Waals surface area contributed by atoms with E-state index in [1.165, 1.54) is 0 Å². The van der Waals surface area contributed by atoms with Gasteiger partial charge in [0.2, 0.25) is 0 Å². The zero-order valence-electron chi connectivity index (χ0n) is 22.5. The molecule has 0 radical (unpaired) electrons. The summed E-state index contributed by atoms with van der Waals surface area (Å²) >= 11 is 6.30. The molecule has 6 rings (SSSR count). The highest BCUT2D eigenvalue weighted by Gasteiger charge is 2.65. The van der Waals surface area contributed by atoms with Crippen LogP contribution in [0.1, 0.15) is 78.0 Å². The van der Waals surface area contributed by atoms with Gasteiger partial charge in [0.25, 0.3) is 0 Å². The Hall–Kier alpha value is -1.27. The van der Waals surface area contributed by atoms with E-state index in [0.29, 0.717) is 34.6 Å². The van der Waals surface area contributed by atoms with Gasteiger partial charge in [-0.25, -0.2) is 9.97 Å². The Kier molecular flexibility index (Phi) is 6.62. The number of aliphatic hydroxyl groups is 3. The molecule has 3 N–H and O–H groups in total. The number of nitrogens with zero attached hydrogens (tertiary/aromatic N) is 2. The maximum absolute atomic E-state index is 11.8. The van der Waals surface area contributed by atoms with Gasteiger partial charge in [-0.15, -0.1) is 0 Å². The molecule has 1 aromatic heterocycles. The summed E-state index contributed by atoms with van der Waals surface area (Å²) in [4.78, 5) is 9.37. The molecule has 0 bridgehead atoms. The first-order valence-electron chi connectivity index (χ1n) is 14.6. The summed E-state index contributed by atoms with van der Waals surface area (Å²) in [5.41, 5.74) is 0.836. The van der Waals surface area contributed by atoms with Crippen molar-refractivity contribution in [3.63, 3.8) is 0 Å². The standard InChI is InChI=1S/C31H43ClN2O3/c1-17(7-10-28-33-16-20-24(32)5-4-6-25(20)34-28)21-8-9-22-29-23(15-27(37)31(21,22)3)30(2)12-11-19(35)13-18(30)14-26(29)36/h4-6,16-19,21-23,26-27,29,35-37H,7-15H2,1-3H3/t17-,18+,19-,21-,22+,23?,26-,27+,29+,30+,31-/m1/s1. The molecule has 0 spiro atoms. The second-order valence-corrected chi connectivity index (χ2v) is 13.9. The Bertz CT molecular complexity index is 1160. The number of benzene rings is 1. The summed E-state index contributed by atoms with van der Waals surface area (Å²) < 4.78 is 0. The molecular formula is C31H43ClN2O3. The Morgan fingerprint density at radius 2 is 1.86 bits per heavy atom. The van der Waals surface area contributed by atoms with Crippen molar-refractivity contribution in [3.05, 3.63) is 35.2 Å². The van der Waals surface area contributed by atoms with Gasteiger partial charge < -0.3 is 15.3 Å². The van der Waals surface area contributed by atoms with Crippen LogP contribution in [0.5, 0.6) is 0 Å². The van der Waals surface area contributed by atoms with Gasteiger partial charge in [-0.05, 0) is 110 Å². The Morgan fingerprint density at radius 1 is 1.05 bits per heavy atom. The maximum atomic E-state index is 11.8. The van der Waals surface area contributed by atoms with Gasteiger partial charge >= 0.3 is 0 Å². The van der Waals surface area contributed by atoms with Crippen molar-refractivity contribution in [2.75, 3.05) is 0 Å². The summed E-state index contributed by atoms with van der Waals surface area (Å²) in [6.45, 7) is 7.06. The number of hydrogen-bond acceptors (Lipinski definition) is 5. The van der Waals surface area contributed by atoms with Gasteiger partial charge in [0.15, 0.2) is 0 Å². The molecule has 11 atom stereocenters. The minimum absolute atomic E-state index is 0.117. The van der Waals surface area contributed by atoms with Gasteiger partial charge in [-0.3, -0.25) is 0 Å². The third kappa shape index (κ3) is 4.06. The molecule has 1 unspecified atom stereocenters. The van der Waals surface area contributed by atoms with Crippen molar-refractivity contribution < 1.29 is 15.3 Å². The van der Waals surface area contributed by atoms with Gasteiger partial charge in [0.1, 0.15) is 5.82 Å². The number of aromatic nitrogens is 2. The summed E-state index contributed by atoms with van der Waals surface area (Å²) in [6.07, 6.45) is 9.21. The minimum atomic E-state index is -0.345. The minimum Gasteiger partial charge on any atom is -0.393 e. The molecule has 0 saturated heterocycles. The van der Waals surface area contributed by atoms with Gasteiger partial charge in [-0.1, -0.05) is 38.4 Å². The third-order valence-electron chi connectivity index (χ3n) is 12.0. The fourth-order valence-electron chi connectivity index (χ4n) is 9.87. The van der Waals surface area contributed by atoms with Crippen LogP contribution in [0.15, 0.2) is 24.4 Å². The zero-order valence-corrected chi connectivity index (χ0v) is 23.2. The lowest BCUT2D eigenvalue weighted by Crippen LogP contribution is -2.62. The summed E-state index contributed by atoms with van der Waals surface area (Å²) in [7, 11) is 0. The molecule has 0 aliphatic heterocycles. The monoisotopic (exact) mass is 526 g/mol. The van der Waals surface area contributed by atoms with Crippen LogP contribution in [0.25, 0.3) is 10.9 Å². The van der Waals surface area contributed by atoms with Crippen LogP contribution in [-0.4, -0.2) is 43.6 Å². The topological polar surface area (TPSA) is 86.5 Å². The van der Waals surface area contributed by atoms with Crippen molar-refractivity contribution >= 4 is 22.5 Å². The van der Waals surface area contributed by atoms with Crippen LogP contribution in [0, 0.1) is 46.3 Å². The van der Waals surface area contributed by atoms with Crippen molar-refractivity contribution in [1.82, 2.24) is 9.97 Å². The number of aliphatic hydroxyl groups excluding tert-OH is 3. The highest BCUT2D eigenvalue weighted by molar-refractivity contribution is 6.35. The Morgan fingerprint density at radius 3 is 2.68 bits per heavy atom. The maximum Gasteiger partial charge on any atom is 0.128 e. The average molecular weight is 527 g/mol. The van der Waals surface area contributed by atoms with Crippen LogP contribution in [0.2, 0.25) is 5.02 Å². The second kappa shape index (κ2) is 9.43. The summed E-state index contributed by atoms with van der Waals surface area (Å²) in [6, 6.07) is 5.79. The van der Waals surface area contributed by atoms with E-state index in [-0.39, 0.29) is 35.1 Å². The van der Waals surface area contributed by atoms with Gasteiger partial charge in [0, 0.05) is 18.0 Å². The van der Waals surface area contributed by atoms with Crippen LogP contribution < -0.4 is 0 Å². The van der Waals surface area contributed by atoms with Crippen LogP contribution in [-0.2, 0) is 6.42 Å². The second-order valence-electron chi connectivity index (χ2n) is 13.5. The molecular weight excluding hydrogens is 484 g/mol. The highest BCUT2D eigenvalue weighted by atomic mass is 35.5. The lowest BCUT2D eigenvalue weighted by atomic mass is 9.43. The number of rotatable bonds is 4. The molecule has 6 heteroatoms. The van der Waals surface area contributed by atoms with Crippen LogP contribution >= 0.6 is 11.6 Å². The SMILES string of the molecule is C[C@H](CCc1ncc2c(Cl)cccc2n1)[C@H]1CC[C@H]2[C@H]3C(C[C@H](O)[C@]12C)[C@@]1(C)CC[C@@H](O)C[C@H]1C[C@H]3O. The third-order valence-corrected chi connectivity index (χ3v) is 12.3. The average Bonchev–Trinajstić information content (AvgIpc) is 3.23. The van der Waals surface area contributed by atoms with Crippen molar-refractivity contribution in [1.29, 1.82) is 0 Å². The van der Waals surface area contributed by atoms with Gasteiger partial charge in [0.05, 0.1) is 28.9 Å². The summed E-state index contributed by atoms with van der Waals surface area (Å²) in [5, 5.41) is 35.2. The number of aryl methyl sites for hydroxylation is 1. The van der Waals surface area contributed by atoms with Crippen molar-refractivity contribution in [2.24, 2.45) is 46.3 Å². The molecule has 202 valence electrons. The molecule has 0 amide bonds. The van der Waals surface area contributed by atoms with Crippen molar-refractivity contribution in [2.45, 2.75) is 96.9 Å². The fraction of sp³-hybridized carbons (Fsp3) is 0.742. The van der Waals surface area contributed by atoms with Gasteiger partial charge in [-0.2, -0.15) is 0 Å². The molecule has 1 heterocycles. The van der Waals surface area contributed by atoms with E-state index in [9.17, 15) is 15.3 Å². The number of halogens is 1. The van der Waals surface area contributed by atoms with E-state index in [2.05, 4.69) is 25.8 Å². The molecule has 5 nitrogen and oxygen atoms in total. The predicted octanol–water partition coefficient (Wildman–Crippen LogP) is 5.81. The van der Waals surface area contributed by atoms with Crippen LogP contribution in [0.3, 0.4) is 0 Å². The van der Waals surface area contributed by atoms with E-state index in [1.807, 2.05) is 24.4 Å². The highest BCUT2D eigenvalue weighted by Crippen LogP contribution is 2.68. The molecule has 4 fully saturated rings. The molecule has 4 aliphatic rings. The van der Waals surface area contributed by atoms with Crippen molar-refractivity contribution in [3.8, 4) is 0 Å². The quantitative estimate of drug-likeness (QED) is 0.467. The number of hydrogen-bond donors (Lipinski definition) is 3. The molecule has 1 aromatic carbocycles. The first kappa shape index (κ1) is 26.0. The largest absolute Gasteiger partial charge is 0.393 e. The number of fused-ring (bicyclic) bond motifs is 6. The van der Waals surface area contributed by atoms with Crippen LogP contribution in [0.4, 0.5) is 0 Å². The first-order valence-corrected chi connectivity index (χ1v) is 14.9. The molecule has 4 saturated carbocycles. The van der Waals surface area contributed by atoms with E-state index in [0.717, 1.165) is 74.5 Å². The molecule has 4 aliphatic carbocycles. The first-order chi connectivity index (χ1) is 17.6. The summed E-state index contributed by atoms with van der Waals surface area (Å²) in [5.74, 6) is 3.03. The molecule has 2 aromatic rings. The smallest absolute Gasteiger partial charge is 0.128 e.